The van der Waals surface area contributed by atoms with Crippen LogP contribution >= 0.6 is 7.92 Å². The fourth-order valence-corrected chi connectivity index (χ4v) is 5.60. The first-order valence-electron chi connectivity index (χ1n) is 9.55. The molecule has 0 amide bonds. The molecule has 0 aliphatic carbocycles. The van der Waals surface area contributed by atoms with Crippen molar-refractivity contribution in [2.75, 3.05) is 0 Å². The van der Waals surface area contributed by atoms with Gasteiger partial charge in [0, 0.05) is 5.30 Å². The van der Waals surface area contributed by atoms with Gasteiger partial charge in [-0.15, -0.1) is 0 Å². The Labute approximate surface area is 172 Å². The second kappa shape index (κ2) is 9.32. The van der Waals surface area contributed by atoms with E-state index in [1.165, 1.54) is 10.6 Å². The summed E-state index contributed by atoms with van der Waals surface area (Å²) in [5.41, 5.74) is 0.948. The van der Waals surface area contributed by atoms with E-state index in [0.717, 1.165) is 10.9 Å². The molecule has 0 bridgehead atoms. The van der Waals surface area contributed by atoms with Crippen LogP contribution in [0.25, 0.3) is 0 Å². The van der Waals surface area contributed by atoms with Crippen molar-refractivity contribution in [3.8, 4) is 5.75 Å². The van der Waals surface area contributed by atoms with Gasteiger partial charge in [-0.2, -0.15) is 0 Å². The van der Waals surface area contributed by atoms with Gasteiger partial charge in [-0.3, -0.25) is 4.79 Å². The number of rotatable bonds is 6. The Bertz CT molecular complexity index is 1020. The zero-order valence-corrected chi connectivity index (χ0v) is 16.8. The standard InChI is InChI=1S/C26H21O2P/c27-26(20-21-12-4-1-5-13-21)28-24-18-10-11-19-25(24)29(22-14-6-2-7-15-22)23-16-8-3-9-17-23/h1-19H,20H2. The van der Waals surface area contributed by atoms with Crippen LogP contribution in [0.4, 0.5) is 0 Å². The summed E-state index contributed by atoms with van der Waals surface area (Å²) in [7, 11) is -0.834. The molecule has 0 heterocycles. The van der Waals surface area contributed by atoms with Gasteiger partial charge in [0.15, 0.2) is 0 Å². The summed E-state index contributed by atoms with van der Waals surface area (Å²) < 4.78 is 5.85. The Morgan fingerprint density at radius 3 is 1.69 bits per heavy atom. The maximum Gasteiger partial charge on any atom is 0.315 e. The number of benzene rings is 4. The average Bonchev–Trinajstić information content (AvgIpc) is 2.77. The van der Waals surface area contributed by atoms with E-state index in [0.29, 0.717) is 5.75 Å². The maximum atomic E-state index is 12.6. The number of hydrogen-bond donors (Lipinski definition) is 0. The second-order valence-corrected chi connectivity index (χ2v) is 8.80. The molecular weight excluding hydrogens is 375 g/mol. The number of esters is 1. The molecule has 0 aromatic heterocycles. The van der Waals surface area contributed by atoms with Crippen LogP contribution in [0.1, 0.15) is 5.56 Å². The van der Waals surface area contributed by atoms with Gasteiger partial charge in [0.25, 0.3) is 0 Å². The van der Waals surface area contributed by atoms with E-state index in [-0.39, 0.29) is 12.4 Å². The zero-order chi connectivity index (χ0) is 19.9. The van der Waals surface area contributed by atoms with Crippen molar-refractivity contribution < 1.29 is 9.53 Å². The van der Waals surface area contributed by atoms with Crippen LogP contribution in [-0.2, 0) is 11.2 Å². The number of para-hydroxylation sites is 1. The third-order valence-electron chi connectivity index (χ3n) is 4.55. The first-order chi connectivity index (χ1) is 14.3. The van der Waals surface area contributed by atoms with Crippen molar-refractivity contribution in [1.29, 1.82) is 0 Å². The molecule has 0 unspecified atom stereocenters. The Morgan fingerprint density at radius 1 is 0.621 bits per heavy atom. The largest absolute Gasteiger partial charge is 0.426 e. The molecule has 0 radical (unpaired) electrons. The topological polar surface area (TPSA) is 26.3 Å². The van der Waals surface area contributed by atoms with Gasteiger partial charge in [0.05, 0.1) is 6.42 Å². The van der Waals surface area contributed by atoms with Crippen molar-refractivity contribution in [2.45, 2.75) is 6.42 Å². The molecule has 0 saturated heterocycles. The van der Waals surface area contributed by atoms with Gasteiger partial charge in [0.1, 0.15) is 5.75 Å². The molecule has 142 valence electrons. The molecule has 0 aliphatic rings. The number of ether oxygens (including phenoxy) is 1. The van der Waals surface area contributed by atoms with E-state index in [9.17, 15) is 4.79 Å². The minimum absolute atomic E-state index is 0.250. The minimum Gasteiger partial charge on any atom is -0.426 e. The molecule has 0 fully saturated rings. The Morgan fingerprint density at radius 2 is 1.10 bits per heavy atom. The highest BCUT2D eigenvalue weighted by atomic mass is 31.1. The van der Waals surface area contributed by atoms with Crippen molar-refractivity contribution in [3.05, 3.63) is 121 Å². The molecule has 0 aliphatic heterocycles. The molecule has 4 aromatic rings. The van der Waals surface area contributed by atoms with E-state index in [1.807, 2.05) is 60.7 Å². The Kier molecular flexibility index (Phi) is 6.14. The normalized spacial score (nSPS) is 10.7. The fraction of sp³-hybridized carbons (Fsp3) is 0.0385. The van der Waals surface area contributed by atoms with E-state index >= 15 is 0 Å². The predicted octanol–water partition coefficient (Wildman–Crippen LogP) is 4.59. The molecule has 3 heteroatoms. The first kappa shape index (κ1) is 19.1. The minimum atomic E-state index is -0.834. The van der Waals surface area contributed by atoms with Crippen molar-refractivity contribution in [2.24, 2.45) is 0 Å². The Hall–Kier alpha value is -3.22. The molecule has 0 N–H and O–H groups in total. The van der Waals surface area contributed by atoms with Gasteiger partial charge in [-0.25, -0.2) is 0 Å². The van der Waals surface area contributed by atoms with Gasteiger partial charge in [-0.1, -0.05) is 109 Å². The summed E-state index contributed by atoms with van der Waals surface area (Å²) >= 11 is 0. The molecule has 29 heavy (non-hydrogen) atoms. The summed E-state index contributed by atoms with van der Waals surface area (Å²) in [4.78, 5) is 12.6. The lowest BCUT2D eigenvalue weighted by Crippen LogP contribution is -2.24. The monoisotopic (exact) mass is 396 g/mol. The molecule has 0 atom stereocenters. The van der Waals surface area contributed by atoms with Crippen molar-refractivity contribution in [1.82, 2.24) is 0 Å². The summed E-state index contributed by atoms with van der Waals surface area (Å²) in [5, 5.41) is 3.49. The fourth-order valence-electron chi connectivity index (χ4n) is 3.23. The lowest BCUT2D eigenvalue weighted by molar-refractivity contribution is -0.133. The molecule has 4 aromatic carbocycles. The maximum absolute atomic E-state index is 12.6. The van der Waals surface area contributed by atoms with Gasteiger partial charge >= 0.3 is 5.97 Å². The lowest BCUT2D eigenvalue weighted by atomic mass is 10.2. The number of carbonyl (C=O) groups excluding carboxylic acids is 1. The first-order valence-corrected chi connectivity index (χ1v) is 10.9. The third-order valence-corrected chi connectivity index (χ3v) is 7.03. The predicted molar refractivity (Wildman–Crippen MR) is 121 cm³/mol. The molecule has 0 spiro atoms. The van der Waals surface area contributed by atoms with Crippen molar-refractivity contribution >= 4 is 29.8 Å². The summed E-state index contributed by atoms with van der Waals surface area (Å²) in [6.45, 7) is 0. The summed E-state index contributed by atoms with van der Waals surface area (Å²) in [5.74, 6) is 0.381. The van der Waals surface area contributed by atoms with E-state index in [4.69, 9.17) is 4.74 Å². The van der Waals surface area contributed by atoms with Crippen LogP contribution in [-0.4, -0.2) is 5.97 Å². The van der Waals surface area contributed by atoms with Crippen LogP contribution < -0.4 is 20.7 Å². The lowest BCUT2D eigenvalue weighted by Gasteiger charge is -2.21. The number of carbonyl (C=O) groups is 1. The van der Waals surface area contributed by atoms with Gasteiger partial charge in [-0.05, 0) is 30.2 Å². The summed E-state index contributed by atoms with van der Waals surface area (Å²) in [6, 6.07) is 38.4. The summed E-state index contributed by atoms with van der Waals surface area (Å²) in [6.07, 6.45) is 0.254. The second-order valence-electron chi connectivity index (χ2n) is 6.61. The quantitative estimate of drug-likeness (QED) is 0.271. The SMILES string of the molecule is O=C(Cc1ccccc1)Oc1ccccc1P(c1ccccc1)c1ccccc1. The third kappa shape index (κ3) is 4.80. The highest BCUT2D eigenvalue weighted by Crippen LogP contribution is 2.36. The van der Waals surface area contributed by atoms with Crippen molar-refractivity contribution in [3.63, 3.8) is 0 Å². The smallest absolute Gasteiger partial charge is 0.315 e. The molecular formula is C26H21O2P. The highest BCUT2D eigenvalue weighted by molar-refractivity contribution is 7.80. The van der Waals surface area contributed by atoms with Crippen LogP contribution in [0.5, 0.6) is 5.75 Å². The van der Waals surface area contributed by atoms with Gasteiger partial charge in [0.2, 0.25) is 0 Å². The number of hydrogen-bond acceptors (Lipinski definition) is 2. The van der Waals surface area contributed by atoms with Crippen LogP contribution in [0.2, 0.25) is 0 Å². The van der Waals surface area contributed by atoms with Gasteiger partial charge < -0.3 is 4.74 Å². The Balaban J connectivity index is 1.68. The highest BCUT2D eigenvalue weighted by Gasteiger charge is 2.21. The van der Waals surface area contributed by atoms with Crippen LogP contribution in [0.15, 0.2) is 115 Å². The van der Waals surface area contributed by atoms with E-state index in [1.54, 1.807) is 0 Å². The molecule has 2 nitrogen and oxygen atoms in total. The average molecular weight is 396 g/mol. The molecule has 4 rings (SSSR count). The zero-order valence-electron chi connectivity index (χ0n) is 15.9. The van der Waals surface area contributed by atoms with Crippen LogP contribution in [0, 0.1) is 0 Å². The van der Waals surface area contributed by atoms with E-state index in [2.05, 4.69) is 54.6 Å². The molecule has 0 saturated carbocycles. The van der Waals surface area contributed by atoms with E-state index < -0.39 is 7.92 Å². The van der Waals surface area contributed by atoms with Crippen LogP contribution in [0.3, 0.4) is 0 Å².